The van der Waals surface area contributed by atoms with Crippen molar-refractivity contribution in [3.8, 4) is 5.75 Å². The lowest BCUT2D eigenvalue weighted by atomic mass is 10.0. The fraction of sp³-hybridized carbons (Fsp3) is 0.562. The van der Waals surface area contributed by atoms with Crippen molar-refractivity contribution in [2.45, 2.75) is 38.8 Å². The highest BCUT2D eigenvalue weighted by Crippen LogP contribution is 2.17. The van der Waals surface area contributed by atoms with Crippen LogP contribution in [0.4, 0.5) is 0 Å². The molecule has 1 aromatic rings. The van der Waals surface area contributed by atoms with Crippen LogP contribution in [0.5, 0.6) is 5.75 Å². The first-order chi connectivity index (χ1) is 9.70. The van der Waals surface area contributed by atoms with Crippen LogP contribution in [-0.4, -0.2) is 37.0 Å². The van der Waals surface area contributed by atoms with E-state index in [4.69, 9.17) is 4.74 Å². The van der Waals surface area contributed by atoms with Crippen molar-refractivity contribution >= 4 is 5.91 Å². The van der Waals surface area contributed by atoms with Gasteiger partial charge in [0.2, 0.25) is 5.91 Å². The van der Waals surface area contributed by atoms with Crippen LogP contribution in [0.25, 0.3) is 0 Å². The predicted molar refractivity (Wildman–Crippen MR) is 79.7 cm³/mol. The molecule has 1 atom stereocenters. The monoisotopic (exact) mass is 276 g/mol. The third-order valence-corrected chi connectivity index (χ3v) is 3.96. The summed E-state index contributed by atoms with van der Waals surface area (Å²) in [5.74, 6) is 0.906. The molecular weight excluding hydrogens is 252 g/mol. The first kappa shape index (κ1) is 14.9. The zero-order valence-electron chi connectivity index (χ0n) is 12.4. The number of methoxy groups -OCH3 is 1. The molecule has 1 unspecified atom stereocenters. The van der Waals surface area contributed by atoms with Gasteiger partial charge in [-0.1, -0.05) is 24.6 Å². The highest BCUT2D eigenvalue weighted by Gasteiger charge is 2.20. The topological polar surface area (TPSA) is 41.6 Å². The van der Waals surface area contributed by atoms with Gasteiger partial charge < -0.3 is 10.1 Å². The van der Waals surface area contributed by atoms with Crippen LogP contribution in [0.3, 0.4) is 0 Å². The van der Waals surface area contributed by atoms with E-state index in [1.54, 1.807) is 7.11 Å². The molecule has 0 bridgehead atoms. The number of para-hydroxylation sites is 1. The highest BCUT2D eigenvalue weighted by atomic mass is 16.5. The first-order valence-corrected chi connectivity index (χ1v) is 7.33. The average Bonchev–Trinajstić information content (AvgIpc) is 2.48. The van der Waals surface area contributed by atoms with Gasteiger partial charge in [0.15, 0.2) is 0 Å². The van der Waals surface area contributed by atoms with Crippen molar-refractivity contribution in [2.75, 3.05) is 20.2 Å². The van der Waals surface area contributed by atoms with Gasteiger partial charge in [0, 0.05) is 18.2 Å². The number of ether oxygens (including phenoxy) is 1. The highest BCUT2D eigenvalue weighted by molar-refractivity contribution is 5.78. The third-order valence-electron chi connectivity index (χ3n) is 3.96. The molecule has 1 amide bonds. The summed E-state index contributed by atoms with van der Waals surface area (Å²) in [6.45, 7) is 4.25. The Kier molecular flexibility index (Phi) is 5.41. The summed E-state index contributed by atoms with van der Waals surface area (Å²) in [6.07, 6.45) is 3.67. The van der Waals surface area contributed by atoms with E-state index >= 15 is 0 Å². The molecule has 1 heterocycles. The van der Waals surface area contributed by atoms with E-state index in [9.17, 15) is 4.79 Å². The van der Waals surface area contributed by atoms with Crippen molar-refractivity contribution in [2.24, 2.45) is 0 Å². The Hall–Kier alpha value is -1.55. The molecule has 4 nitrogen and oxygen atoms in total. The summed E-state index contributed by atoms with van der Waals surface area (Å²) in [7, 11) is 1.65. The normalized spacial score (nSPS) is 19.6. The van der Waals surface area contributed by atoms with Crippen molar-refractivity contribution < 1.29 is 9.53 Å². The van der Waals surface area contributed by atoms with E-state index in [1.807, 2.05) is 24.3 Å². The summed E-state index contributed by atoms with van der Waals surface area (Å²) in [6, 6.07) is 8.29. The number of hydrogen-bond acceptors (Lipinski definition) is 3. The van der Waals surface area contributed by atoms with Crippen LogP contribution < -0.4 is 10.1 Å². The van der Waals surface area contributed by atoms with Gasteiger partial charge in [-0.05, 0) is 32.4 Å². The van der Waals surface area contributed by atoms with Crippen LogP contribution in [0.2, 0.25) is 0 Å². The molecule has 2 rings (SSSR count). The third kappa shape index (κ3) is 3.97. The van der Waals surface area contributed by atoms with Crippen molar-refractivity contribution in [3.63, 3.8) is 0 Å². The smallest absolute Gasteiger partial charge is 0.234 e. The maximum Gasteiger partial charge on any atom is 0.234 e. The van der Waals surface area contributed by atoms with Gasteiger partial charge in [0.05, 0.1) is 13.7 Å². The minimum absolute atomic E-state index is 0.0876. The van der Waals surface area contributed by atoms with E-state index in [1.165, 1.54) is 19.3 Å². The molecule has 1 aromatic carbocycles. The largest absolute Gasteiger partial charge is 0.496 e. The maximum absolute atomic E-state index is 12.0. The summed E-state index contributed by atoms with van der Waals surface area (Å²) in [4.78, 5) is 14.3. The molecule has 1 aliphatic rings. The molecule has 0 aromatic heterocycles. The molecule has 110 valence electrons. The van der Waals surface area contributed by atoms with Gasteiger partial charge in [-0.25, -0.2) is 0 Å². The van der Waals surface area contributed by atoms with Crippen LogP contribution in [0.15, 0.2) is 24.3 Å². The number of carbonyl (C=O) groups excluding carboxylic acids is 1. The number of rotatable bonds is 5. The summed E-state index contributed by atoms with van der Waals surface area (Å²) >= 11 is 0. The van der Waals surface area contributed by atoms with Crippen LogP contribution >= 0.6 is 0 Å². The lowest BCUT2D eigenvalue weighted by molar-refractivity contribution is -0.123. The molecule has 1 fully saturated rings. The number of nitrogens with zero attached hydrogens (tertiary/aromatic N) is 1. The van der Waals surface area contributed by atoms with Gasteiger partial charge >= 0.3 is 0 Å². The molecule has 1 aliphatic heterocycles. The second-order valence-electron chi connectivity index (χ2n) is 5.40. The quantitative estimate of drug-likeness (QED) is 0.896. The van der Waals surface area contributed by atoms with Crippen molar-refractivity contribution in [3.05, 3.63) is 29.8 Å². The minimum Gasteiger partial charge on any atom is -0.496 e. The Morgan fingerprint density at radius 1 is 1.40 bits per heavy atom. The van der Waals surface area contributed by atoms with Gasteiger partial charge in [-0.3, -0.25) is 9.69 Å². The molecule has 20 heavy (non-hydrogen) atoms. The van der Waals surface area contributed by atoms with Crippen LogP contribution in [0, 0.1) is 0 Å². The van der Waals surface area contributed by atoms with Gasteiger partial charge in [0.25, 0.3) is 0 Å². The van der Waals surface area contributed by atoms with E-state index in [-0.39, 0.29) is 5.91 Å². The number of benzene rings is 1. The SMILES string of the molecule is COc1ccccc1CNC(=O)CN1CCCCC1C. The van der Waals surface area contributed by atoms with Crippen molar-refractivity contribution in [1.29, 1.82) is 0 Å². The minimum atomic E-state index is 0.0876. The molecular formula is C16H24N2O2. The number of piperidine rings is 1. The number of hydrogen-bond donors (Lipinski definition) is 1. The zero-order valence-corrected chi connectivity index (χ0v) is 12.4. The number of carbonyl (C=O) groups is 1. The Bertz CT molecular complexity index is 448. The fourth-order valence-corrected chi connectivity index (χ4v) is 2.68. The second kappa shape index (κ2) is 7.29. The van der Waals surface area contributed by atoms with E-state index < -0.39 is 0 Å². The lowest BCUT2D eigenvalue weighted by Gasteiger charge is -2.32. The lowest BCUT2D eigenvalue weighted by Crippen LogP contribution is -2.44. The second-order valence-corrected chi connectivity index (χ2v) is 5.40. The standard InChI is InChI=1S/C16H24N2O2/c1-13-7-5-6-10-18(13)12-16(19)17-11-14-8-3-4-9-15(14)20-2/h3-4,8-9,13H,5-7,10-12H2,1-2H3,(H,17,19). The van der Waals surface area contributed by atoms with Crippen LogP contribution in [-0.2, 0) is 11.3 Å². The Morgan fingerprint density at radius 3 is 2.95 bits per heavy atom. The molecule has 4 heteroatoms. The van der Waals surface area contributed by atoms with Gasteiger partial charge in [-0.15, -0.1) is 0 Å². The van der Waals surface area contributed by atoms with Crippen molar-refractivity contribution in [1.82, 2.24) is 10.2 Å². The number of nitrogens with one attached hydrogen (secondary N) is 1. The predicted octanol–water partition coefficient (Wildman–Crippen LogP) is 2.19. The molecule has 1 N–H and O–H groups in total. The van der Waals surface area contributed by atoms with Gasteiger partial charge in [0.1, 0.15) is 5.75 Å². The molecule has 0 saturated carbocycles. The average molecular weight is 276 g/mol. The van der Waals surface area contributed by atoms with E-state index in [0.717, 1.165) is 17.9 Å². The molecule has 1 saturated heterocycles. The maximum atomic E-state index is 12.0. The number of amides is 1. The molecule has 0 aliphatic carbocycles. The number of likely N-dealkylation sites (tertiary alicyclic amines) is 1. The van der Waals surface area contributed by atoms with Crippen LogP contribution in [0.1, 0.15) is 31.7 Å². The Labute approximate surface area is 121 Å². The Morgan fingerprint density at radius 2 is 2.20 bits per heavy atom. The summed E-state index contributed by atoms with van der Waals surface area (Å²) < 4.78 is 5.28. The summed E-state index contributed by atoms with van der Waals surface area (Å²) in [5, 5.41) is 2.98. The molecule has 0 spiro atoms. The van der Waals surface area contributed by atoms with E-state index in [2.05, 4.69) is 17.1 Å². The van der Waals surface area contributed by atoms with E-state index in [0.29, 0.717) is 19.1 Å². The Balaban J connectivity index is 1.82. The first-order valence-electron chi connectivity index (χ1n) is 7.33. The zero-order chi connectivity index (χ0) is 14.4. The van der Waals surface area contributed by atoms with Gasteiger partial charge in [-0.2, -0.15) is 0 Å². The molecule has 0 radical (unpaired) electrons. The fourth-order valence-electron chi connectivity index (χ4n) is 2.68. The summed E-state index contributed by atoms with van der Waals surface area (Å²) in [5.41, 5.74) is 1.01.